The van der Waals surface area contributed by atoms with Gasteiger partial charge in [0.1, 0.15) is 5.75 Å². The van der Waals surface area contributed by atoms with Crippen LogP contribution in [0.5, 0.6) is 5.75 Å². The van der Waals surface area contributed by atoms with E-state index in [2.05, 4.69) is 5.32 Å². The first kappa shape index (κ1) is 15.3. The number of benzene rings is 1. The quantitative estimate of drug-likeness (QED) is 0.828. The fourth-order valence-electron chi connectivity index (χ4n) is 2.19. The van der Waals surface area contributed by atoms with E-state index in [4.69, 9.17) is 14.7 Å². The fourth-order valence-corrected chi connectivity index (χ4v) is 2.19. The predicted molar refractivity (Wildman–Crippen MR) is 74.7 cm³/mol. The lowest BCUT2D eigenvalue weighted by atomic mass is 9.91. The van der Waals surface area contributed by atoms with Crippen molar-refractivity contribution in [2.45, 2.75) is 18.4 Å². The van der Waals surface area contributed by atoms with E-state index in [1.165, 1.54) is 0 Å². The van der Waals surface area contributed by atoms with Crippen LogP contribution < -0.4 is 10.1 Å². The Bertz CT molecular complexity index is 515. The molecule has 1 saturated heterocycles. The third-order valence-corrected chi connectivity index (χ3v) is 3.51. The fraction of sp³-hybridized carbons (Fsp3) is 0.467. The summed E-state index contributed by atoms with van der Waals surface area (Å²) in [5, 5.41) is 21.0. The van der Waals surface area contributed by atoms with E-state index in [-0.39, 0.29) is 19.1 Å². The SMILES string of the molecule is N#Cc1ccc(OCC(=O)NC2(CO)CCOCC2)cc1. The smallest absolute Gasteiger partial charge is 0.258 e. The Hall–Kier alpha value is -2.10. The van der Waals surface area contributed by atoms with E-state index >= 15 is 0 Å². The van der Waals surface area contributed by atoms with Crippen LogP contribution in [0.2, 0.25) is 0 Å². The van der Waals surface area contributed by atoms with Gasteiger partial charge in [0.05, 0.1) is 23.8 Å². The van der Waals surface area contributed by atoms with Crippen LogP contribution in [0.3, 0.4) is 0 Å². The Balaban J connectivity index is 1.84. The molecule has 2 N–H and O–H groups in total. The second-order valence-corrected chi connectivity index (χ2v) is 5.02. The summed E-state index contributed by atoms with van der Waals surface area (Å²) in [4.78, 5) is 11.9. The molecule has 0 atom stereocenters. The minimum atomic E-state index is -0.608. The van der Waals surface area contributed by atoms with E-state index in [1.54, 1.807) is 24.3 Å². The van der Waals surface area contributed by atoms with Crippen molar-refractivity contribution in [3.63, 3.8) is 0 Å². The summed E-state index contributed by atoms with van der Waals surface area (Å²) in [6.07, 6.45) is 1.18. The summed E-state index contributed by atoms with van der Waals surface area (Å²) in [7, 11) is 0. The van der Waals surface area contributed by atoms with Crippen molar-refractivity contribution in [3.05, 3.63) is 29.8 Å². The van der Waals surface area contributed by atoms with Crippen molar-refractivity contribution in [3.8, 4) is 11.8 Å². The predicted octanol–water partition coefficient (Wildman–Crippen LogP) is 0.595. The summed E-state index contributed by atoms with van der Waals surface area (Å²) in [6.45, 7) is 0.808. The van der Waals surface area contributed by atoms with Crippen molar-refractivity contribution in [1.29, 1.82) is 5.26 Å². The lowest BCUT2D eigenvalue weighted by molar-refractivity contribution is -0.127. The molecule has 0 aromatic heterocycles. The monoisotopic (exact) mass is 290 g/mol. The van der Waals surface area contributed by atoms with Gasteiger partial charge in [-0.15, -0.1) is 0 Å². The normalized spacial score (nSPS) is 16.8. The average Bonchev–Trinajstić information content (AvgIpc) is 2.54. The van der Waals surface area contributed by atoms with Crippen LogP contribution in [-0.2, 0) is 9.53 Å². The molecule has 0 bridgehead atoms. The molecule has 1 aromatic carbocycles. The molecule has 2 rings (SSSR count). The van der Waals surface area contributed by atoms with Crippen LogP contribution >= 0.6 is 0 Å². The largest absolute Gasteiger partial charge is 0.484 e. The molecule has 0 saturated carbocycles. The molecule has 6 heteroatoms. The average molecular weight is 290 g/mol. The van der Waals surface area contributed by atoms with Crippen molar-refractivity contribution < 1.29 is 19.4 Å². The van der Waals surface area contributed by atoms with Crippen LogP contribution in [0.25, 0.3) is 0 Å². The van der Waals surface area contributed by atoms with E-state index in [0.717, 1.165) is 0 Å². The summed E-state index contributed by atoms with van der Waals surface area (Å²) in [6, 6.07) is 8.55. The molecule has 0 unspecified atom stereocenters. The number of aliphatic hydroxyl groups excluding tert-OH is 1. The van der Waals surface area contributed by atoms with Crippen LogP contribution in [0.4, 0.5) is 0 Å². The van der Waals surface area contributed by atoms with Gasteiger partial charge >= 0.3 is 0 Å². The molecule has 0 radical (unpaired) electrons. The highest BCUT2D eigenvalue weighted by molar-refractivity contribution is 5.78. The van der Waals surface area contributed by atoms with Crippen LogP contribution in [-0.4, -0.2) is 43.0 Å². The zero-order chi connectivity index (χ0) is 15.1. The molecule has 0 aliphatic carbocycles. The topological polar surface area (TPSA) is 91.6 Å². The Kier molecular flexibility index (Phi) is 5.14. The minimum Gasteiger partial charge on any atom is -0.484 e. The van der Waals surface area contributed by atoms with Gasteiger partial charge in [0, 0.05) is 13.2 Å². The highest BCUT2D eigenvalue weighted by Crippen LogP contribution is 2.20. The van der Waals surface area contributed by atoms with Gasteiger partial charge in [0.2, 0.25) is 0 Å². The molecule has 1 aromatic rings. The Morgan fingerprint density at radius 2 is 2.05 bits per heavy atom. The highest BCUT2D eigenvalue weighted by Gasteiger charge is 2.33. The number of amides is 1. The molecule has 112 valence electrons. The molecule has 1 aliphatic heterocycles. The van der Waals surface area contributed by atoms with E-state index in [1.807, 2.05) is 6.07 Å². The number of nitrogens with one attached hydrogen (secondary N) is 1. The number of hydrogen-bond acceptors (Lipinski definition) is 5. The van der Waals surface area contributed by atoms with Gasteiger partial charge in [-0.3, -0.25) is 4.79 Å². The lowest BCUT2D eigenvalue weighted by Gasteiger charge is -2.36. The number of nitriles is 1. The summed E-state index contributed by atoms with van der Waals surface area (Å²) < 4.78 is 10.6. The zero-order valence-electron chi connectivity index (χ0n) is 11.7. The van der Waals surface area contributed by atoms with Crippen molar-refractivity contribution in [2.24, 2.45) is 0 Å². The number of aliphatic hydroxyl groups is 1. The molecule has 1 fully saturated rings. The van der Waals surface area contributed by atoms with Gasteiger partial charge in [-0.25, -0.2) is 0 Å². The number of hydrogen-bond donors (Lipinski definition) is 2. The first-order valence-corrected chi connectivity index (χ1v) is 6.80. The number of carbonyl (C=O) groups excluding carboxylic acids is 1. The van der Waals surface area contributed by atoms with Crippen LogP contribution in [0.1, 0.15) is 18.4 Å². The van der Waals surface area contributed by atoms with Crippen LogP contribution in [0.15, 0.2) is 24.3 Å². The second kappa shape index (κ2) is 7.07. The van der Waals surface area contributed by atoms with Crippen molar-refractivity contribution >= 4 is 5.91 Å². The molecule has 6 nitrogen and oxygen atoms in total. The zero-order valence-corrected chi connectivity index (χ0v) is 11.7. The van der Waals surface area contributed by atoms with Gasteiger partial charge in [0.15, 0.2) is 6.61 Å². The molecular weight excluding hydrogens is 272 g/mol. The Labute approximate surface area is 123 Å². The summed E-state index contributed by atoms with van der Waals surface area (Å²) in [5.41, 5.74) is -0.0724. The van der Waals surface area contributed by atoms with Gasteiger partial charge in [0.25, 0.3) is 5.91 Å². The Morgan fingerprint density at radius 1 is 1.38 bits per heavy atom. The number of carbonyl (C=O) groups is 1. The standard InChI is InChI=1S/C15H18N2O4/c16-9-12-1-3-13(4-2-12)21-10-14(19)17-15(11-18)5-7-20-8-6-15/h1-4,18H,5-8,10-11H2,(H,17,19). The van der Waals surface area contributed by atoms with Gasteiger partial charge in [-0.05, 0) is 37.1 Å². The number of ether oxygens (including phenoxy) is 2. The summed E-state index contributed by atoms with van der Waals surface area (Å²) in [5.74, 6) is 0.240. The maximum absolute atomic E-state index is 11.9. The number of nitrogens with zero attached hydrogens (tertiary/aromatic N) is 1. The van der Waals surface area contributed by atoms with E-state index in [9.17, 15) is 9.90 Å². The third-order valence-electron chi connectivity index (χ3n) is 3.51. The van der Waals surface area contributed by atoms with Gasteiger partial charge in [-0.2, -0.15) is 5.26 Å². The molecule has 1 amide bonds. The maximum Gasteiger partial charge on any atom is 0.258 e. The van der Waals surface area contributed by atoms with Gasteiger partial charge < -0.3 is 19.9 Å². The summed E-state index contributed by atoms with van der Waals surface area (Å²) >= 11 is 0. The first-order valence-electron chi connectivity index (χ1n) is 6.80. The Morgan fingerprint density at radius 3 is 2.62 bits per heavy atom. The molecule has 21 heavy (non-hydrogen) atoms. The highest BCUT2D eigenvalue weighted by atomic mass is 16.5. The first-order chi connectivity index (χ1) is 10.2. The van der Waals surface area contributed by atoms with Crippen molar-refractivity contribution in [2.75, 3.05) is 26.4 Å². The van der Waals surface area contributed by atoms with Crippen LogP contribution in [0, 0.1) is 11.3 Å². The third kappa shape index (κ3) is 4.18. The second-order valence-electron chi connectivity index (χ2n) is 5.02. The molecular formula is C15H18N2O4. The van der Waals surface area contributed by atoms with E-state index < -0.39 is 5.54 Å². The number of rotatable bonds is 5. The van der Waals surface area contributed by atoms with Gasteiger partial charge in [-0.1, -0.05) is 0 Å². The lowest BCUT2D eigenvalue weighted by Crippen LogP contribution is -2.55. The minimum absolute atomic E-state index is 0.112. The molecule has 0 spiro atoms. The van der Waals surface area contributed by atoms with Crippen molar-refractivity contribution in [1.82, 2.24) is 5.32 Å². The molecule has 1 aliphatic rings. The molecule has 1 heterocycles. The maximum atomic E-state index is 11.9. The van der Waals surface area contributed by atoms with E-state index in [0.29, 0.717) is 37.4 Å².